The number of benzene rings is 3. The molecule has 0 fully saturated rings. The van der Waals surface area contributed by atoms with E-state index in [-0.39, 0.29) is 28.9 Å². The molecule has 0 radical (unpaired) electrons. The second-order valence-electron chi connectivity index (χ2n) is 9.54. The van der Waals surface area contributed by atoms with E-state index in [0.29, 0.717) is 22.6 Å². The van der Waals surface area contributed by atoms with Crippen molar-refractivity contribution in [1.82, 2.24) is 4.98 Å². The zero-order valence-electron chi connectivity index (χ0n) is 21.0. The fourth-order valence-corrected chi connectivity index (χ4v) is 5.44. The summed E-state index contributed by atoms with van der Waals surface area (Å²) in [5.74, 6) is -0.256. The Labute approximate surface area is 224 Å². The second kappa shape index (κ2) is 11.1. The van der Waals surface area contributed by atoms with Crippen LogP contribution in [0.5, 0.6) is 0 Å². The average Bonchev–Trinajstić information content (AvgIpc) is 3.25. The number of nitrogens with one attached hydrogen (secondary N) is 3. The molecule has 0 saturated heterocycles. The molecule has 37 heavy (non-hydrogen) atoms. The summed E-state index contributed by atoms with van der Waals surface area (Å²) in [4.78, 5) is 40.8. The predicted octanol–water partition coefficient (Wildman–Crippen LogP) is 6.54. The van der Waals surface area contributed by atoms with E-state index in [1.807, 2.05) is 42.5 Å². The van der Waals surface area contributed by atoms with Gasteiger partial charge in [0.1, 0.15) is 0 Å². The molecule has 3 N–H and O–H groups in total. The van der Waals surface area contributed by atoms with E-state index in [9.17, 15) is 14.4 Å². The molecule has 1 heterocycles. The van der Waals surface area contributed by atoms with Crippen molar-refractivity contribution in [2.75, 3.05) is 21.7 Å². The molecule has 0 aliphatic rings. The van der Waals surface area contributed by atoms with Crippen LogP contribution in [-0.2, 0) is 15.0 Å². The number of anilines is 3. The molecule has 190 valence electrons. The van der Waals surface area contributed by atoms with Crippen molar-refractivity contribution in [2.24, 2.45) is 0 Å². The van der Waals surface area contributed by atoms with Crippen LogP contribution in [-0.4, -0.2) is 28.5 Å². The first-order valence-electron chi connectivity index (χ1n) is 11.7. The van der Waals surface area contributed by atoms with Crippen LogP contribution in [0.25, 0.3) is 10.2 Å². The fraction of sp³-hybridized carbons (Fsp3) is 0.214. The SMILES string of the molecule is CC(=O)Nc1ccc(NC(=O)CSc2nc3ccc(NC(=O)c4ccc(C(C)(C)C)cc4)cc3s2)cc1. The molecule has 3 amide bonds. The lowest BCUT2D eigenvalue weighted by atomic mass is 9.87. The smallest absolute Gasteiger partial charge is 0.255 e. The van der Waals surface area contributed by atoms with Gasteiger partial charge in [0, 0.05) is 29.5 Å². The van der Waals surface area contributed by atoms with Crippen LogP contribution in [0.2, 0.25) is 0 Å². The third-order valence-electron chi connectivity index (χ3n) is 5.46. The average molecular weight is 533 g/mol. The van der Waals surface area contributed by atoms with Gasteiger partial charge in [-0.1, -0.05) is 44.7 Å². The van der Waals surface area contributed by atoms with Crippen LogP contribution >= 0.6 is 23.1 Å². The molecule has 7 nitrogen and oxygen atoms in total. The molecule has 0 saturated carbocycles. The molecule has 0 unspecified atom stereocenters. The first-order chi connectivity index (χ1) is 17.6. The maximum Gasteiger partial charge on any atom is 0.255 e. The number of nitrogens with zero attached hydrogens (tertiary/aromatic N) is 1. The van der Waals surface area contributed by atoms with Gasteiger partial charge < -0.3 is 16.0 Å². The summed E-state index contributed by atoms with van der Waals surface area (Å²) in [6.45, 7) is 7.86. The van der Waals surface area contributed by atoms with Crippen molar-refractivity contribution in [3.05, 3.63) is 77.9 Å². The second-order valence-corrected chi connectivity index (χ2v) is 11.8. The van der Waals surface area contributed by atoms with E-state index in [4.69, 9.17) is 0 Å². The number of hydrogen-bond donors (Lipinski definition) is 3. The molecule has 0 aliphatic heterocycles. The van der Waals surface area contributed by atoms with Crippen LogP contribution in [0.1, 0.15) is 43.6 Å². The highest BCUT2D eigenvalue weighted by Gasteiger charge is 2.15. The van der Waals surface area contributed by atoms with Crippen LogP contribution in [0, 0.1) is 0 Å². The highest BCUT2D eigenvalue weighted by atomic mass is 32.2. The predicted molar refractivity (Wildman–Crippen MR) is 153 cm³/mol. The molecule has 0 atom stereocenters. The van der Waals surface area contributed by atoms with E-state index < -0.39 is 0 Å². The van der Waals surface area contributed by atoms with E-state index in [2.05, 4.69) is 41.7 Å². The van der Waals surface area contributed by atoms with Crippen LogP contribution < -0.4 is 16.0 Å². The molecule has 1 aromatic heterocycles. The normalized spacial score (nSPS) is 11.2. The van der Waals surface area contributed by atoms with E-state index in [1.54, 1.807) is 24.3 Å². The summed E-state index contributed by atoms with van der Waals surface area (Å²) in [5.41, 5.74) is 4.63. The molecule has 4 aromatic rings. The molecular formula is C28H28N4O3S2. The van der Waals surface area contributed by atoms with Crippen molar-refractivity contribution >= 4 is 68.1 Å². The first kappa shape index (κ1) is 26.4. The van der Waals surface area contributed by atoms with E-state index >= 15 is 0 Å². The van der Waals surface area contributed by atoms with E-state index in [1.165, 1.54) is 35.6 Å². The third-order valence-corrected chi connectivity index (χ3v) is 7.62. The molecule has 3 aromatic carbocycles. The van der Waals surface area contributed by atoms with Crippen molar-refractivity contribution in [1.29, 1.82) is 0 Å². The lowest BCUT2D eigenvalue weighted by molar-refractivity contribution is -0.114. The molecule has 4 rings (SSSR count). The molecule has 0 spiro atoms. The van der Waals surface area contributed by atoms with Gasteiger partial charge in [-0.2, -0.15) is 0 Å². The Bertz CT molecular complexity index is 1440. The zero-order chi connectivity index (χ0) is 26.6. The number of carbonyl (C=O) groups excluding carboxylic acids is 3. The number of aromatic nitrogens is 1. The summed E-state index contributed by atoms with van der Waals surface area (Å²) in [7, 11) is 0. The summed E-state index contributed by atoms with van der Waals surface area (Å²) in [5, 5.41) is 8.48. The van der Waals surface area contributed by atoms with Gasteiger partial charge in [0.15, 0.2) is 4.34 Å². The van der Waals surface area contributed by atoms with Gasteiger partial charge in [0.05, 0.1) is 16.0 Å². The van der Waals surface area contributed by atoms with Gasteiger partial charge in [-0.15, -0.1) is 11.3 Å². The summed E-state index contributed by atoms with van der Waals surface area (Å²) in [6.07, 6.45) is 0. The Morgan fingerprint density at radius 3 is 2.08 bits per heavy atom. The Morgan fingerprint density at radius 1 is 0.838 bits per heavy atom. The maximum absolute atomic E-state index is 12.7. The van der Waals surface area contributed by atoms with Crippen molar-refractivity contribution in [3.63, 3.8) is 0 Å². The highest BCUT2D eigenvalue weighted by Crippen LogP contribution is 2.31. The van der Waals surface area contributed by atoms with Gasteiger partial charge in [0.25, 0.3) is 5.91 Å². The first-order valence-corrected chi connectivity index (χ1v) is 13.5. The number of thioether (sulfide) groups is 1. The lowest BCUT2D eigenvalue weighted by Gasteiger charge is -2.19. The standard InChI is InChI=1S/C28H28N4O3S2/c1-17(33)29-20-9-11-21(12-10-20)30-25(34)16-36-27-32-23-14-13-22(15-24(23)37-27)31-26(35)18-5-7-19(8-6-18)28(2,3)4/h5-15H,16H2,1-4H3,(H,29,33)(H,30,34)(H,31,35). The summed E-state index contributed by atoms with van der Waals surface area (Å²) >= 11 is 2.83. The Kier molecular flexibility index (Phi) is 7.94. The molecule has 0 bridgehead atoms. The minimum absolute atomic E-state index is 0.0306. The number of amides is 3. The van der Waals surface area contributed by atoms with Gasteiger partial charge in [0.2, 0.25) is 11.8 Å². The highest BCUT2D eigenvalue weighted by molar-refractivity contribution is 8.01. The minimum atomic E-state index is -0.166. The maximum atomic E-state index is 12.7. The molecule has 9 heteroatoms. The van der Waals surface area contributed by atoms with Crippen LogP contribution in [0.4, 0.5) is 17.1 Å². The number of thiazole rings is 1. The number of hydrogen-bond acceptors (Lipinski definition) is 6. The van der Waals surface area contributed by atoms with E-state index in [0.717, 1.165) is 14.6 Å². The van der Waals surface area contributed by atoms with Gasteiger partial charge in [-0.05, 0) is 65.6 Å². The monoisotopic (exact) mass is 532 g/mol. The third kappa shape index (κ3) is 7.18. The summed E-state index contributed by atoms with van der Waals surface area (Å²) < 4.78 is 1.70. The van der Waals surface area contributed by atoms with Crippen molar-refractivity contribution in [2.45, 2.75) is 37.4 Å². The Hall–Kier alpha value is -3.69. The topological polar surface area (TPSA) is 100 Å². The lowest BCUT2D eigenvalue weighted by Crippen LogP contribution is -2.14. The van der Waals surface area contributed by atoms with Crippen LogP contribution in [0.3, 0.4) is 0 Å². The zero-order valence-corrected chi connectivity index (χ0v) is 22.7. The van der Waals surface area contributed by atoms with Crippen molar-refractivity contribution < 1.29 is 14.4 Å². The van der Waals surface area contributed by atoms with Crippen molar-refractivity contribution in [3.8, 4) is 0 Å². The van der Waals surface area contributed by atoms with Gasteiger partial charge in [-0.25, -0.2) is 4.98 Å². The largest absolute Gasteiger partial charge is 0.326 e. The number of rotatable bonds is 7. The fourth-order valence-electron chi connectivity index (χ4n) is 3.53. The Morgan fingerprint density at radius 2 is 1.46 bits per heavy atom. The van der Waals surface area contributed by atoms with Gasteiger partial charge in [-0.3, -0.25) is 14.4 Å². The Balaban J connectivity index is 1.33. The van der Waals surface area contributed by atoms with Crippen LogP contribution in [0.15, 0.2) is 71.1 Å². The molecule has 0 aliphatic carbocycles. The quantitative estimate of drug-likeness (QED) is 0.235. The minimum Gasteiger partial charge on any atom is -0.326 e. The number of carbonyl (C=O) groups is 3. The number of fused-ring (bicyclic) bond motifs is 1. The molecular weight excluding hydrogens is 504 g/mol. The van der Waals surface area contributed by atoms with Gasteiger partial charge >= 0.3 is 0 Å². The summed E-state index contributed by atoms with van der Waals surface area (Å²) in [6, 6.07) is 20.2.